The summed E-state index contributed by atoms with van der Waals surface area (Å²) >= 11 is 1.90. The third-order valence-electron chi connectivity index (χ3n) is 3.11. The van der Waals surface area contributed by atoms with E-state index in [1.54, 1.807) is 0 Å². The molecule has 0 aromatic carbocycles. The van der Waals surface area contributed by atoms with Gasteiger partial charge in [-0.3, -0.25) is 4.79 Å². The lowest BCUT2D eigenvalue weighted by atomic mass is 10.2. The molecular weight excluding hydrogens is 276 g/mol. The van der Waals surface area contributed by atoms with Crippen molar-refractivity contribution in [2.24, 2.45) is 0 Å². The highest BCUT2D eigenvalue weighted by Crippen LogP contribution is 2.13. The largest absolute Gasteiger partial charge is 0.394 e. The first-order chi connectivity index (χ1) is 8.29. The molecule has 2 heterocycles. The number of thioether (sulfide) groups is 1. The average Bonchev–Trinajstić information content (AvgIpc) is 2.40. The van der Waals surface area contributed by atoms with Gasteiger partial charge in [-0.2, -0.15) is 11.8 Å². The Kier molecular flexibility index (Phi) is 7.33. The zero-order chi connectivity index (χ0) is 12.1. The minimum Gasteiger partial charge on any atom is -0.394 e. The van der Waals surface area contributed by atoms with Gasteiger partial charge < -0.3 is 20.1 Å². The number of hydrogen-bond donors (Lipinski definition) is 2. The smallest absolute Gasteiger partial charge is 0.224 e. The highest BCUT2D eigenvalue weighted by molar-refractivity contribution is 7.99. The topological polar surface area (TPSA) is 61.8 Å². The molecule has 2 fully saturated rings. The maximum absolute atomic E-state index is 12.1. The third kappa shape index (κ3) is 4.59. The van der Waals surface area contributed by atoms with E-state index in [4.69, 9.17) is 9.84 Å². The van der Waals surface area contributed by atoms with Crippen molar-refractivity contribution in [2.45, 2.75) is 18.6 Å². The molecule has 2 unspecified atom stereocenters. The minimum atomic E-state index is -0.207. The van der Waals surface area contributed by atoms with Crippen LogP contribution < -0.4 is 5.32 Å². The summed E-state index contributed by atoms with van der Waals surface area (Å²) in [6.45, 7) is 2.68. The minimum absolute atomic E-state index is 0. The second-order valence-corrected chi connectivity index (χ2v) is 5.60. The molecule has 2 aliphatic rings. The average molecular weight is 297 g/mol. The monoisotopic (exact) mass is 296 g/mol. The van der Waals surface area contributed by atoms with Gasteiger partial charge in [0.05, 0.1) is 19.3 Å². The summed E-state index contributed by atoms with van der Waals surface area (Å²) < 4.78 is 5.33. The fourth-order valence-electron chi connectivity index (χ4n) is 2.15. The predicted octanol–water partition coefficient (Wildman–Crippen LogP) is -0.277. The zero-order valence-electron chi connectivity index (χ0n) is 10.3. The number of nitrogens with one attached hydrogen (secondary N) is 1. The molecule has 1 amide bonds. The van der Waals surface area contributed by atoms with Crippen LogP contribution in [0.2, 0.25) is 0 Å². The van der Waals surface area contributed by atoms with Crippen LogP contribution >= 0.6 is 24.2 Å². The Hall–Kier alpha value is -0.0100. The Morgan fingerprint density at radius 2 is 2.39 bits per heavy atom. The molecular formula is C11H21ClN2O3S. The molecule has 7 heteroatoms. The summed E-state index contributed by atoms with van der Waals surface area (Å²) in [5.41, 5.74) is 0. The van der Waals surface area contributed by atoms with Crippen LogP contribution in [0.5, 0.6) is 0 Å². The van der Waals surface area contributed by atoms with Gasteiger partial charge in [0.25, 0.3) is 0 Å². The van der Waals surface area contributed by atoms with E-state index in [1.807, 2.05) is 16.7 Å². The number of carbonyl (C=O) groups excluding carboxylic acids is 1. The molecule has 2 rings (SSSR count). The normalized spacial score (nSPS) is 28.6. The van der Waals surface area contributed by atoms with Crippen LogP contribution in [-0.2, 0) is 9.53 Å². The number of halogens is 1. The van der Waals surface area contributed by atoms with E-state index in [1.165, 1.54) is 0 Å². The summed E-state index contributed by atoms with van der Waals surface area (Å²) in [6.07, 6.45) is 0.354. The van der Waals surface area contributed by atoms with Crippen molar-refractivity contribution in [1.29, 1.82) is 0 Å². The number of aliphatic hydroxyl groups excluding tert-OH is 1. The van der Waals surface area contributed by atoms with Crippen LogP contribution in [0.4, 0.5) is 0 Å². The van der Waals surface area contributed by atoms with Crippen molar-refractivity contribution in [1.82, 2.24) is 10.2 Å². The van der Waals surface area contributed by atoms with Gasteiger partial charge in [0.1, 0.15) is 0 Å². The number of morpholine rings is 1. The number of nitrogens with zero attached hydrogens (tertiary/aromatic N) is 1. The maximum atomic E-state index is 12.1. The van der Waals surface area contributed by atoms with Crippen molar-refractivity contribution in [3.05, 3.63) is 0 Å². The van der Waals surface area contributed by atoms with Crippen molar-refractivity contribution in [2.75, 3.05) is 44.4 Å². The Morgan fingerprint density at radius 3 is 3.06 bits per heavy atom. The van der Waals surface area contributed by atoms with Crippen LogP contribution in [0, 0.1) is 0 Å². The number of carbonyl (C=O) groups is 1. The molecule has 106 valence electrons. The Balaban J connectivity index is 0.00000162. The summed E-state index contributed by atoms with van der Waals surface area (Å²) in [5, 5.41) is 12.4. The van der Waals surface area contributed by atoms with Crippen LogP contribution in [0.25, 0.3) is 0 Å². The Morgan fingerprint density at radius 1 is 1.56 bits per heavy atom. The Bertz CT molecular complexity index is 265. The number of hydrogen-bond acceptors (Lipinski definition) is 5. The summed E-state index contributed by atoms with van der Waals surface area (Å²) in [4.78, 5) is 13.9. The third-order valence-corrected chi connectivity index (χ3v) is 4.25. The van der Waals surface area contributed by atoms with E-state index in [0.717, 1.165) is 18.1 Å². The molecule has 18 heavy (non-hydrogen) atoms. The van der Waals surface area contributed by atoms with Gasteiger partial charge in [0, 0.05) is 43.6 Å². The van der Waals surface area contributed by atoms with Gasteiger partial charge in [-0.1, -0.05) is 0 Å². The second kappa shape index (κ2) is 8.22. The van der Waals surface area contributed by atoms with Crippen LogP contribution in [0.3, 0.4) is 0 Å². The van der Waals surface area contributed by atoms with Gasteiger partial charge in [-0.25, -0.2) is 0 Å². The van der Waals surface area contributed by atoms with Crippen LogP contribution in [0.1, 0.15) is 6.42 Å². The number of rotatable bonds is 3. The molecule has 0 saturated carbocycles. The molecule has 2 saturated heterocycles. The molecule has 0 spiro atoms. The molecule has 0 radical (unpaired) electrons. The first-order valence-corrected chi connectivity index (χ1v) is 7.26. The zero-order valence-corrected chi connectivity index (χ0v) is 12.0. The SMILES string of the molecule is Cl.O=C(CC1CSCCN1)N1CCOC(CO)C1. The Labute approximate surface area is 118 Å². The molecule has 2 N–H and O–H groups in total. The summed E-state index contributed by atoms with van der Waals surface area (Å²) in [5.74, 6) is 2.32. The fourth-order valence-corrected chi connectivity index (χ4v) is 3.10. The van der Waals surface area contributed by atoms with Gasteiger partial charge in [0.2, 0.25) is 5.91 Å². The predicted molar refractivity (Wildman–Crippen MR) is 74.4 cm³/mol. The lowest BCUT2D eigenvalue weighted by molar-refractivity contribution is -0.140. The molecule has 0 aliphatic carbocycles. The van der Waals surface area contributed by atoms with E-state index in [0.29, 0.717) is 32.2 Å². The highest BCUT2D eigenvalue weighted by atomic mass is 35.5. The first-order valence-electron chi connectivity index (χ1n) is 6.11. The van der Waals surface area contributed by atoms with Crippen LogP contribution in [0.15, 0.2) is 0 Å². The molecule has 2 aliphatic heterocycles. The van der Waals surface area contributed by atoms with Gasteiger partial charge in [0.15, 0.2) is 0 Å². The van der Waals surface area contributed by atoms with Crippen LogP contribution in [-0.4, -0.2) is 72.4 Å². The standard InChI is InChI=1S/C11H20N2O3S.ClH/c14-7-10-6-13(2-3-16-10)11(15)5-9-8-17-4-1-12-9;/h9-10,12,14H,1-8H2;1H. The van der Waals surface area contributed by atoms with E-state index in [-0.39, 0.29) is 31.0 Å². The lowest BCUT2D eigenvalue weighted by Crippen LogP contribution is -2.49. The van der Waals surface area contributed by atoms with Crippen molar-refractivity contribution < 1.29 is 14.6 Å². The fraction of sp³-hybridized carbons (Fsp3) is 0.909. The van der Waals surface area contributed by atoms with E-state index in [9.17, 15) is 4.79 Å². The molecule has 5 nitrogen and oxygen atoms in total. The van der Waals surface area contributed by atoms with E-state index >= 15 is 0 Å². The van der Waals surface area contributed by atoms with Gasteiger partial charge in [-0.15, -0.1) is 12.4 Å². The van der Waals surface area contributed by atoms with E-state index < -0.39 is 0 Å². The van der Waals surface area contributed by atoms with Crippen molar-refractivity contribution in [3.63, 3.8) is 0 Å². The van der Waals surface area contributed by atoms with Gasteiger partial charge >= 0.3 is 0 Å². The molecule has 2 atom stereocenters. The molecule has 0 bridgehead atoms. The lowest BCUT2D eigenvalue weighted by Gasteiger charge is -2.33. The van der Waals surface area contributed by atoms with Crippen molar-refractivity contribution >= 4 is 30.1 Å². The number of ether oxygens (including phenoxy) is 1. The molecule has 0 aromatic rings. The highest BCUT2D eigenvalue weighted by Gasteiger charge is 2.26. The summed E-state index contributed by atoms with van der Waals surface area (Å²) in [7, 11) is 0. The number of amides is 1. The maximum Gasteiger partial charge on any atom is 0.224 e. The summed E-state index contributed by atoms with van der Waals surface area (Å²) in [6, 6.07) is 0.302. The van der Waals surface area contributed by atoms with E-state index in [2.05, 4.69) is 5.32 Å². The van der Waals surface area contributed by atoms with Gasteiger partial charge in [-0.05, 0) is 0 Å². The first kappa shape index (κ1) is 16.0. The van der Waals surface area contributed by atoms with Crippen molar-refractivity contribution in [3.8, 4) is 0 Å². The number of aliphatic hydroxyl groups is 1. The molecule has 0 aromatic heterocycles. The quantitative estimate of drug-likeness (QED) is 0.750. The second-order valence-electron chi connectivity index (χ2n) is 4.45.